The van der Waals surface area contributed by atoms with Gasteiger partial charge in [0, 0.05) is 12.1 Å². The van der Waals surface area contributed by atoms with E-state index in [-0.39, 0.29) is 24.4 Å². The molecule has 0 aliphatic carbocycles. The van der Waals surface area contributed by atoms with Gasteiger partial charge in [0.25, 0.3) is 5.91 Å². The molecule has 6 heteroatoms. The summed E-state index contributed by atoms with van der Waals surface area (Å²) < 4.78 is 5.16. The summed E-state index contributed by atoms with van der Waals surface area (Å²) in [6.45, 7) is 5.88. The van der Waals surface area contributed by atoms with Crippen molar-refractivity contribution < 1.29 is 19.4 Å². The first-order valence-electron chi connectivity index (χ1n) is 9.93. The summed E-state index contributed by atoms with van der Waals surface area (Å²) in [5, 5.41) is 13.4. The molecule has 6 nitrogen and oxygen atoms in total. The molecular formula is C24H26N2O4. The van der Waals surface area contributed by atoms with Gasteiger partial charge in [-0.1, -0.05) is 54.6 Å². The number of aliphatic hydroxyl groups excluding tert-OH is 1. The molecule has 2 aromatic rings. The van der Waals surface area contributed by atoms with Gasteiger partial charge in [-0.25, -0.2) is 4.79 Å². The number of esters is 1. The predicted molar refractivity (Wildman–Crippen MR) is 115 cm³/mol. The molecule has 30 heavy (non-hydrogen) atoms. The molecule has 0 atom stereocenters. The third-order valence-electron chi connectivity index (χ3n) is 4.77. The molecule has 156 valence electrons. The lowest BCUT2D eigenvalue weighted by atomic mass is 9.84. The minimum atomic E-state index is -0.781. The van der Waals surface area contributed by atoms with Gasteiger partial charge in [0.2, 0.25) is 0 Å². The van der Waals surface area contributed by atoms with E-state index in [1.165, 1.54) is 0 Å². The second-order valence-corrected chi connectivity index (χ2v) is 7.72. The summed E-state index contributed by atoms with van der Waals surface area (Å²) in [5.41, 5.74) is 2.13. The van der Waals surface area contributed by atoms with Crippen LogP contribution in [0.4, 0.5) is 0 Å². The van der Waals surface area contributed by atoms with E-state index in [9.17, 15) is 14.7 Å². The highest BCUT2D eigenvalue weighted by atomic mass is 16.5. The van der Waals surface area contributed by atoms with Gasteiger partial charge in [0.15, 0.2) is 5.76 Å². The number of benzene rings is 2. The van der Waals surface area contributed by atoms with E-state index in [4.69, 9.17) is 9.73 Å². The summed E-state index contributed by atoms with van der Waals surface area (Å²) in [7, 11) is 0. The van der Waals surface area contributed by atoms with Gasteiger partial charge in [-0.3, -0.25) is 9.79 Å². The van der Waals surface area contributed by atoms with Crippen molar-refractivity contribution in [3.05, 3.63) is 82.6 Å². The number of nitrogens with zero attached hydrogens (tertiary/aromatic N) is 1. The Kier molecular flexibility index (Phi) is 6.35. The van der Waals surface area contributed by atoms with Crippen LogP contribution in [0.1, 0.15) is 37.5 Å². The summed E-state index contributed by atoms with van der Waals surface area (Å²) in [5.74, 6) is -2.24. The number of nitrogens with one attached hydrogen (secondary N) is 1. The van der Waals surface area contributed by atoms with Gasteiger partial charge in [-0.2, -0.15) is 0 Å². The van der Waals surface area contributed by atoms with E-state index in [1.54, 1.807) is 6.92 Å². The Morgan fingerprint density at radius 2 is 1.77 bits per heavy atom. The smallest absolute Gasteiger partial charge is 0.344 e. The van der Waals surface area contributed by atoms with Gasteiger partial charge in [0.05, 0.1) is 17.9 Å². The molecule has 0 fully saturated rings. The third-order valence-corrected chi connectivity index (χ3v) is 4.77. The highest BCUT2D eigenvalue weighted by Gasteiger charge is 2.34. The van der Waals surface area contributed by atoms with Gasteiger partial charge in [-0.05, 0) is 38.3 Å². The molecule has 0 aromatic heterocycles. The SMILES string of the molecule is CCOC(=O)/C(C1=NC(C)(C)Cc2ccccc21)=C(/O)C(=O)NCc1ccccc1. The second kappa shape index (κ2) is 8.95. The minimum absolute atomic E-state index is 0.111. The number of hydrogen-bond acceptors (Lipinski definition) is 5. The van der Waals surface area contributed by atoms with Gasteiger partial charge in [0.1, 0.15) is 5.57 Å². The van der Waals surface area contributed by atoms with Crippen LogP contribution in [0.15, 0.2) is 70.9 Å². The largest absolute Gasteiger partial charge is 0.502 e. The standard InChI is InChI=1S/C24H26N2O4/c1-4-30-23(29)19(21(27)22(28)25-15-16-10-6-5-7-11-16)20-18-13-9-8-12-17(18)14-24(2,3)26-20/h5-13,27H,4,14-15H2,1-3H3,(H,25,28)/b21-19+. The summed E-state index contributed by atoms with van der Waals surface area (Å²) in [4.78, 5) is 30.2. The maximum Gasteiger partial charge on any atom is 0.344 e. The maximum absolute atomic E-state index is 12.8. The zero-order chi connectivity index (χ0) is 21.7. The van der Waals surface area contributed by atoms with Crippen molar-refractivity contribution in [2.75, 3.05) is 6.61 Å². The molecule has 0 saturated heterocycles. The Morgan fingerprint density at radius 1 is 1.10 bits per heavy atom. The van der Waals surface area contributed by atoms with Crippen LogP contribution >= 0.6 is 0 Å². The van der Waals surface area contributed by atoms with E-state index >= 15 is 0 Å². The van der Waals surface area contributed by atoms with Crippen LogP contribution in [0.25, 0.3) is 0 Å². The fourth-order valence-corrected chi connectivity index (χ4v) is 3.45. The van der Waals surface area contributed by atoms with E-state index in [2.05, 4.69) is 5.32 Å². The molecule has 0 saturated carbocycles. The number of hydrogen-bond donors (Lipinski definition) is 2. The molecule has 0 unspecified atom stereocenters. The Hall–Kier alpha value is -3.41. The van der Waals surface area contributed by atoms with Gasteiger partial charge in [-0.15, -0.1) is 0 Å². The summed E-state index contributed by atoms with van der Waals surface area (Å²) >= 11 is 0. The Bertz CT molecular complexity index is 1010. The van der Waals surface area contributed by atoms with Crippen molar-refractivity contribution >= 4 is 17.6 Å². The maximum atomic E-state index is 12.8. The first-order chi connectivity index (χ1) is 14.3. The van der Waals surface area contributed by atoms with E-state index in [1.807, 2.05) is 68.4 Å². The number of carbonyl (C=O) groups is 2. The molecule has 0 radical (unpaired) electrons. The fourth-order valence-electron chi connectivity index (χ4n) is 3.45. The highest BCUT2D eigenvalue weighted by molar-refractivity contribution is 6.30. The van der Waals surface area contributed by atoms with Crippen LogP contribution in [0, 0.1) is 0 Å². The zero-order valence-electron chi connectivity index (χ0n) is 17.4. The normalized spacial score (nSPS) is 15.4. The van der Waals surface area contributed by atoms with E-state index < -0.39 is 23.2 Å². The molecule has 1 aliphatic rings. The lowest BCUT2D eigenvalue weighted by molar-refractivity contribution is -0.138. The Labute approximate surface area is 176 Å². The van der Waals surface area contributed by atoms with E-state index in [0.717, 1.165) is 11.1 Å². The molecule has 1 aliphatic heterocycles. The lowest BCUT2D eigenvalue weighted by Crippen LogP contribution is -2.34. The van der Waals surface area contributed by atoms with Crippen molar-refractivity contribution in [1.29, 1.82) is 0 Å². The van der Waals surface area contributed by atoms with Crippen molar-refractivity contribution in [3.8, 4) is 0 Å². The molecule has 1 amide bonds. The lowest BCUT2D eigenvalue weighted by Gasteiger charge is -2.29. The molecular weight excluding hydrogens is 380 g/mol. The average Bonchev–Trinajstić information content (AvgIpc) is 2.72. The molecule has 1 heterocycles. The first kappa shape index (κ1) is 21.3. The Morgan fingerprint density at radius 3 is 2.47 bits per heavy atom. The fraction of sp³-hybridized carbons (Fsp3) is 0.292. The number of aliphatic imine (C=N–C) groups is 1. The topological polar surface area (TPSA) is 88.0 Å². The molecule has 0 bridgehead atoms. The predicted octanol–water partition coefficient (Wildman–Crippen LogP) is 3.50. The first-order valence-corrected chi connectivity index (χ1v) is 9.93. The van der Waals surface area contributed by atoms with Crippen LogP contribution in [0.3, 0.4) is 0 Å². The van der Waals surface area contributed by atoms with Crippen LogP contribution < -0.4 is 5.32 Å². The van der Waals surface area contributed by atoms with Crippen LogP contribution in [-0.2, 0) is 27.3 Å². The third kappa shape index (κ3) is 4.76. The van der Waals surface area contributed by atoms with Crippen LogP contribution in [0.2, 0.25) is 0 Å². The number of ether oxygens (including phenoxy) is 1. The number of rotatable bonds is 6. The van der Waals surface area contributed by atoms with Crippen molar-refractivity contribution in [3.63, 3.8) is 0 Å². The molecule has 2 aromatic carbocycles. The number of carbonyl (C=O) groups excluding carboxylic acids is 2. The van der Waals surface area contributed by atoms with Crippen molar-refractivity contribution in [2.45, 2.75) is 39.3 Å². The molecule has 3 rings (SSSR count). The minimum Gasteiger partial charge on any atom is -0.502 e. The summed E-state index contributed by atoms with van der Waals surface area (Å²) in [6, 6.07) is 16.9. The second-order valence-electron chi connectivity index (χ2n) is 7.72. The number of fused-ring (bicyclic) bond motifs is 1. The number of amides is 1. The summed E-state index contributed by atoms with van der Waals surface area (Å²) in [6.07, 6.45) is 0.684. The van der Waals surface area contributed by atoms with Crippen molar-refractivity contribution in [1.82, 2.24) is 5.32 Å². The van der Waals surface area contributed by atoms with Gasteiger partial charge >= 0.3 is 5.97 Å². The quantitative estimate of drug-likeness (QED) is 0.437. The zero-order valence-corrected chi connectivity index (χ0v) is 17.4. The average molecular weight is 406 g/mol. The molecule has 0 spiro atoms. The van der Waals surface area contributed by atoms with E-state index in [0.29, 0.717) is 12.0 Å². The van der Waals surface area contributed by atoms with Crippen molar-refractivity contribution in [2.24, 2.45) is 4.99 Å². The van der Waals surface area contributed by atoms with Gasteiger partial charge < -0.3 is 15.2 Å². The van der Waals surface area contributed by atoms with Crippen LogP contribution in [-0.4, -0.2) is 34.8 Å². The number of aliphatic hydroxyl groups is 1. The van der Waals surface area contributed by atoms with Crippen LogP contribution in [0.5, 0.6) is 0 Å². The highest BCUT2D eigenvalue weighted by Crippen LogP contribution is 2.30. The Balaban J connectivity index is 2.02. The monoisotopic (exact) mass is 406 g/mol. The molecule has 2 N–H and O–H groups in total.